The molecule has 27 heavy (non-hydrogen) atoms. The van der Waals surface area contributed by atoms with Crippen LogP contribution in [0.15, 0.2) is 0 Å². The molecule has 0 radical (unpaired) electrons. The Morgan fingerprint density at radius 1 is 0.926 bits per heavy atom. The second-order valence-electron chi connectivity index (χ2n) is 11.3. The van der Waals surface area contributed by atoms with Crippen molar-refractivity contribution in [2.45, 2.75) is 104 Å². The maximum Gasteiger partial charge on any atom is 0.0622 e. The summed E-state index contributed by atoms with van der Waals surface area (Å²) in [5, 5.41) is 10.8. The molecule has 0 spiro atoms. The molecule has 8 atom stereocenters. The van der Waals surface area contributed by atoms with Gasteiger partial charge in [-0.15, -0.1) is 0 Å². The molecule has 0 amide bonds. The van der Waals surface area contributed by atoms with E-state index in [2.05, 4.69) is 27.7 Å². The van der Waals surface area contributed by atoms with E-state index in [9.17, 15) is 5.11 Å². The quantitative estimate of drug-likeness (QED) is 0.618. The molecule has 156 valence electrons. The fourth-order valence-corrected chi connectivity index (χ4v) is 8.74. The Balaban J connectivity index is 1.61. The van der Waals surface area contributed by atoms with Gasteiger partial charge in [0.15, 0.2) is 0 Å². The monoisotopic (exact) mass is 376 g/mol. The third-order valence-electron chi connectivity index (χ3n) is 10.1. The van der Waals surface area contributed by atoms with E-state index in [4.69, 9.17) is 4.74 Å². The van der Waals surface area contributed by atoms with Crippen LogP contribution in [-0.2, 0) is 4.74 Å². The van der Waals surface area contributed by atoms with Crippen LogP contribution in [0.3, 0.4) is 0 Å². The zero-order valence-corrected chi connectivity index (χ0v) is 18.4. The Morgan fingerprint density at radius 3 is 2.48 bits per heavy atom. The summed E-state index contributed by atoms with van der Waals surface area (Å²) in [7, 11) is 0. The Bertz CT molecular complexity index is 528. The van der Waals surface area contributed by atoms with Crippen molar-refractivity contribution in [3.63, 3.8) is 0 Å². The van der Waals surface area contributed by atoms with Crippen molar-refractivity contribution >= 4 is 0 Å². The summed E-state index contributed by atoms with van der Waals surface area (Å²) < 4.78 is 6.16. The van der Waals surface area contributed by atoms with Gasteiger partial charge in [-0.3, -0.25) is 0 Å². The van der Waals surface area contributed by atoms with Gasteiger partial charge in [-0.1, -0.05) is 26.7 Å². The predicted molar refractivity (Wildman–Crippen MR) is 112 cm³/mol. The highest BCUT2D eigenvalue weighted by Crippen LogP contribution is 2.68. The fraction of sp³-hybridized carbons (Fsp3) is 1.00. The molecule has 4 rings (SSSR count). The van der Waals surface area contributed by atoms with E-state index in [1.54, 1.807) is 0 Å². The van der Waals surface area contributed by atoms with Gasteiger partial charge >= 0.3 is 0 Å². The molecule has 0 heterocycles. The minimum Gasteiger partial charge on any atom is -0.390 e. The number of fused-ring (bicyclic) bond motifs is 5. The zero-order valence-electron chi connectivity index (χ0n) is 18.4. The molecule has 0 bridgehead atoms. The lowest BCUT2D eigenvalue weighted by atomic mass is 9.43. The highest BCUT2D eigenvalue weighted by molar-refractivity contribution is 5.11. The third kappa shape index (κ3) is 3.21. The van der Waals surface area contributed by atoms with E-state index in [-0.39, 0.29) is 0 Å². The number of hydrogen-bond donors (Lipinski definition) is 1. The van der Waals surface area contributed by atoms with Crippen molar-refractivity contribution in [2.75, 3.05) is 13.2 Å². The first-order valence-corrected chi connectivity index (χ1v) is 12.2. The number of aliphatic hydroxyl groups is 1. The Morgan fingerprint density at radius 2 is 1.74 bits per heavy atom. The van der Waals surface area contributed by atoms with Gasteiger partial charge in [0.25, 0.3) is 0 Å². The number of hydrogen-bond acceptors (Lipinski definition) is 2. The minimum absolute atomic E-state index is 0.353. The molecule has 0 aromatic heterocycles. The fourth-order valence-electron chi connectivity index (χ4n) is 8.74. The van der Waals surface area contributed by atoms with Crippen molar-refractivity contribution in [3.8, 4) is 0 Å². The molecule has 0 saturated heterocycles. The summed E-state index contributed by atoms with van der Waals surface area (Å²) in [6.45, 7) is 11.0. The summed E-state index contributed by atoms with van der Waals surface area (Å²) in [5.74, 6) is 4.37. The van der Waals surface area contributed by atoms with Crippen molar-refractivity contribution in [2.24, 2.45) is 40.4 Å². The topological polar surface area (TPSA) is 29.5 Å². The standard InChI is InChI=1S/C25H44O2/c1-5-7-18-9-11-21-20-10-8-19-16-23(3,26)14-15-25(19,17-27-6-2)22(20)12-13-24(18,21)4/h18-22,26H,5-17H2,1-4H3/t18-,19+,20-,21-,22-,23+,24+,25+/m0/s1. The lowest BCUT2D eigenvalue weighted by Crippen LogP contribution is -2.58. The van der Waals surface area contributed by atoms with E-state index in [1.165, 1.54) is 57.8 Å². The summed E-state index contributed by atoms with van der Waals surface area (Å²) in [5.41, 5.74) is 0.512. The van der Waals surface area contributed by atoms with Gasteiger partial charge in [-0.25, -0.2) is 0 Å². The van der Waals surface area contributed by atoms with Crippen LogP contribution in [0.2, 0.25) is 0 Å². The molecule has 4 fully saturated rings. The summed E-state index contributed by atoms with van der Waals surface area (Å²) >= 11 is 0. The maximum absolute atomic E-state index is 10.8. The average Bonchev–Trinajstić information content (AvgIpc) is 2.96. The molecule has 4 aliphatic carbocycles. The van der Waals surface area contributed by atoms with Crippen molar-refractivity contribution in [1.82, 2.24) is 0 Å². The normalized spacial score (nSPS) is 52.1. The van der Waals surface area contributed by atoms with Crippen molar-refractivity contribution in [3.05, 3.63) is 0 Å². The predicted octanol–water partition coefficient (Wildman–Crippen LogP) is 6.21. The van der Waals surface area contributed by atoms with E-state index in [1.807, 2.05) is 0 Å². The molecule has 2 nitrogen and oxygen atoms in total. The van der Waals surface area contributed by atoms with E-state index >= 15 is 0 Å². The first-order chi connectivity index (χ1) is 12.9. The van der Waals surface area contributed by atoms with Gasteiger partial charge in [0.2, 0.25) is 0 Å². The van der Waals surface area contributed by atoms with Gasteiger partial charge < -0.3 is 9.84 Å². The van der Waals surface area contributed by atoms with Gasteiger partial charge in [0.05, 0.1) is 12.2 Å². The van der Waals surface area contributed by atoms with E-state index < -0.39 is 5.60 Å². The average molecular weight is 377 g/mol. The molecule has 0 unspecified atom stereocenters. The molecule has 0 aliphatic heterocycles. The summed E-state index contributed by atoms with van der Waals surface area (Å²) in [6.07, 6.45) is 14.5. The van der Waals surface area contributed by atoms with Gasteiger partial charge in [0.1, 0.15) is 0 Å². The Hall–Kier alpha value is -0.0800. The molecular weight excluding hydrogens is 332 g/mol. The van der Waals surface area contributed by atoms with Gasteiger partial charge in [0, 0.05) is 6.61 Å². The number of ether oxygens (including phenoxy) is 1. The van der Waals surface area contributed by atoms with Crippen molar-refractivity contribution in [1.29, 1.82) is 0 Å². The number of rotatable bonds is 5. The zero-order chi connectivity index (χ0) is 19.3. The Labute approximate surface area is 167 Å². The highest BCUT2D eigenvalue weighted by atomic mass is 16.5. The molecule has 4 aliphatic rings. The minimum atomic E-state index is -0.448. The first-order valence-electron chi connectivity index (χ1n) is 12.2. The molecule has 1 N–H and O–H groups in total. The molecule has 2 heteroatoms. The van der Waals surface area contributed by atoms with Crippen LogP contribution < -0.4 is 0 Å². The lowest BCUT2D eigenvalue weighted by Gasteiger charge is -2.62. The first kappa shape index (κ1) is 20.2. The van der Waals surface area contributed by atoms with Crippen LogP contribution >= 0.6 is 0 Å². The smallest absolute Gasteiger partial charge is 0.0622 e. The second-order valence-corrected chi connectivity index (χ2v) is 11.3. The van der Waals surface area contributed by atoms with Crippen molar-refractivity contribution < 1.29 is 9.84 Å². The second kappa shape index (κ2) is 7.31. The van der Waals surface area contributed by atoms with Crippen LogP contribution in [0.4, 0.5) is 0 Å². The summed E-state index contributed by atoms with van der Waals surface area (Å²) in [6, 6.07) is 0. The van der Waals surface area contributed by atoms with Crippen LogP contribution in [-0.4, -0.2) is 23.9 Å². The van der Waals surface area contributed by atoms with Gasteiger partial charge in [-0.05, 0) is 112 Å². The highest BCUT2D eigenvalue weighted by Gasteiger charge is 2.62. The molecule has 4 saturated carbocycles. The van der Waals surface area contributed by atoms with Crippen LogP contribution in [0.5, 0.6) is 0 Å². The van der Waals surface area contributed by atoms with Crippen LogP contribution in [0.1, 0.15) is 98.3 Å². The van der Waals surface area contributed by atoms with Crippen LogP contribution in [0.25, 0.3) is 0 Å². The molecule has 0 aromatic carbocycles. The van der Waals surface area contributed by atoms with E-state index in [0.29, 0.717) is 16.7 Å². The largest absolute Gasteiger partial charge is 0.390 e. The van der Waals surface area contributed by atoms with Crippen LogP contribution in [0, 0.1) is 40.4 Å². The Kier molecular flexibility index (Phi) is 5.47. The maximum atomic E-state index is 10.8. The third-order valence-corrected chi connectivity index (χ3v) is 10.1. The summed E-state index contributed by atoms with van der Waals surface area (Å²) in [4.78, 5) is 0. The molecular formula is C25H44O2. The molecule has 0 aromatic rings. The van der Waals surface area contributed by atoms with E-state index in [0.717, 1.165) is 49.7 Å². The lowest BCUT2D eigenvalue weighted by molar-refractivity contribution is -0.177. The SMILES string of the molecule is CCC[C@H]1CC[C@H]2[C@@H]3CC[C@@H]4C[C@](C)(O)CC[C@]4(COCC)[C@H]3CC[C@]12C. The van der Waals surface area contributed by atoms with Gasteiger partial charge in [-0.2, -0.15) is 0 Å².